The number of hydrogen-bond donors (Lipinski definition) is 1. The quantitative estimate of drug-likeness (QED) is 0.507. The van der Waals surface area contributed by atoms with Crippen molar-refractivity contribution in [1.82, 2.24) is 4.90 Å². The molecule has 1 amide bonds. The van der Waals surface area contributed by atoms with Gasteiger partial charge in [-0.1, -0.05) is 43.7 Å². The van der Waals surface area contributed by atoms with E-state index in [1.807, 2.05) is 44.2 Å². The number of rotatable bonds is 8. The maximum absolute atomic E-state index is 13.4. The van der Waals surface area contributed by atoms with Gasteiger partial charge in [-0.25, -0.2) is 0 Å². The Bertz CT molecular complexity index is 1110. The first kappa shape index (κ1) is 20.7. The molecule has 31 heavy (non-hydrogen) atoms. The van der Waals surface area contributed by atoms with Crippen molar-refractivity contribution in [2.75, 3.05) is 13.2 Å². The van der Waals surface area contributed by atoms with Crippen LogP contribution in [0, 0.1) is 0 Å². The monoisotopic (exact) mass is 419 g/mol. The van der Waals surface area contributed by atoms with Crippen molar-refractivity contribution in [2.24, 2.45) is 0 Å². The molecule has 1 atom stereocenters. The standard InChI is InChI=1S/C25H25NO5/c1-3-5-14-26-22(16-10-12-18(13-11-16)30-4-2)21(24(28)25(26)29)23(27)20-15-17-8-6-7-9-19(17)31-20/h6-13,15,22,28H,3-5,14H2,1-2H3. The highest BCUT2D eigenvalue weighted by Gasteiger charge is 2.44. The maximum atomic E-state index is 13.4. The van der Waals surface area contributed by atoms with Gasteiger partial charge in [0.25, 0.3) is 5.91 Å². The average molecular weight is 419 g/mol. The highest BCUT2D eigenvalue weighted by molar-refractivity contribution is 6.16. The number of unbranched alkanes of at least 4 members (excludes halogenated alkanes) is 1. The van der Waals surface area contributed by atoms with E-state index >= 15 is 0 Å². The van der Waals surface area contributed by atoms with Gasteiger partial charge in [0.2, 0.25) is 5.78 Å². The van der Waals surface area contributed by atoms with E-state index in [9.17, 15) is 14.7 Å². The lowest BCUT2D eigenvalue weighted by Gasteiger charge is -2.26. The minimum absolute atomic E-state index is 0.0457. The molecule has 160 valence electrons. The molecule has 3 aromatic rings. The van der Waals surface area contributed by atoms with Gasteiger partial charge >= 0.3 is 0 Å². The highest BCUT2D eigenvalue weighted by atomic mass is 16.5. The fourth-order valence-electron chi connectivity index (χ4n) is 3.93. The summed E-state index contributed by atoms with van der Waals surface area (Å²) in [6.07, 6.45) is 1.64. The SMILES string of the molecule is CCCCN1C(=O)C(O)=C(C(=O)c2cc3ccccc3o2)C1c1ccc(OCC)cc1. The van der Waals surface area contributed by atoms with Gasteiger partial charge in [-0.05, 0) is 43.2 Å². The predicted molar refractivity (Wildman–Crippen MR) is 117 cm³/mol. The van der Waals surface area contributed by atoms with Gasteiger partial charge in [-0.2, -0.15) is 0 Å². The van der Waals surface area contributed by atoms with E-state index in [2.05, 4.69) is 0 Å². The van der Waals surface area contributed by atoms with Crippen LogP contribution in [0.4, 0.5) is 0 Å². The molecule has 0 aliphatic carbocycles. The molecule has 0 spiro atoms. The first-order valence-electron chi connectivity index (χ1n) is 10.5. The summed E-state index contributed by atoms with van der Waals surface area (Å²) in [5.41, 5.74) is 1.36. The van der Waals surface area contributed by atoms with Gasteiger partial charge in [0.1, 0.15) is 11.3 Å². The second kappa shape index (κ2) is 8.68. The third-order valence-electron chi connectivity index (χ3n) is 5.46. The summed E-state index contributed by atoms with van der Waals surface area (Å²) in [6.45, 7) is 4.91. The van der Waals surface area contributed by atoms with E-state index in [0.29, 0.717) is 24.5 Å². The number of aliphatic hydroxyl groups is 1. The van der Waals surface area contributed by atoms with Crippen molar-refractivity contribution in [2.45, 2.75) is 32.7 Å². The van der Waals surface area contributed by atoms with Gasteiger partial charge in [0.15, 0.2) is 11.5 Å². The van der Waals surface area contributed by atoms with Crippen LogP contribution in [0.25, 0.3) is 11.0 Å². The first-order chi connectivity index (χ1) is 15.0. The minimum Gasteiger partial charge on any atom is -0.503 e. The maximum Gasteiger partial charge on any atom is 0.290 e. The van der Waals surface area contributed by atoms with Crippen LogP contribution in [0.1, 0.15) is 48.8 Å². The van der Waals surface area contributed by atoms with Crippen LogP contribution in [0.2, 0.25) is 0 Å². The third kappa shape index (κ3) is 3.81. The number of para-hydroxylation sites is 1. The zero-order valence-electron chi connectivity index (χ0n) is 17.6. The third-order valence-corrected chi connectivity index (χ3v) is 5.46. The Morgan fingerprint density at radius 3 is 2.55 bits per heavy atom. The Labute approximate surface area is 180 Å². The number of aliphatic hydroxyl groups excluding tert-OH is 1. The topological polar surface area (TPSA) is 80.0 Å². The van der Waals surface area contributed by atoms with Crippen molar-refractivity contribution >= 4 is 22.7 Å². The predicted octanol–water partition coefficient (Wildman–Crippen LogP) is 5.21. The molecular formula is C25H25NO5. The molecule has 4 rings (SSSR count). The van der Waals surface area contributed by atoms with Crippen LogP contribution in [0.3, 0.4) is 0 Å². The van der Waals surface area contributed by atoms with E-state index < -0.39 is 23.5 Å². The molecule has 1 aromatic heterocycles. The summed E-state index contributed by atoms with van der Waals surface area (Å²) < 4.78 is 11.2. The van der Waals surface area contributed by atoms with Crippen LogP contribution in [0.5, 0.6) is 5.75 Å². The van der Waals surface area contributed by atoms with Crippen LogP contribution >= 0.6 is 0 Å². The average Bonchev–Trinajstić information content (AvgIpc) is 3.32. The second-order valence-electron chi connectivity index (χ2n) is 7.50. The summed E-state index contributed by atoms with van der Waals surface area (Å²) in [7, 11) is 0. The van der Waals surface area contributed by atoms with Crippen molar-refractivity contribution in [3.8, 4) is 5.75 Å². The number of furan rings is 1. The first-order valence-corrected chi connectivity index (χ1v) is 10.5. The lowest BCUT2D eigenvalue weighted by atomic mass is 9.95. The zero-order valence-corrected chi connectivity index (χ0v) is 17.6. The van der Waals surface area contributed by atoms with Crippen LogP contribution < -0.4 is 4.74 Å². The number of ether oxygens (including phenoxy) is 1. The molecule has 0 saturated heterocycles. The Hall–Kier alpha value is -3.54. The number of amides is 1. The molecule has 0 bridgehead atoms. The lowest BCUT2D eigenvalue weighted by Crippen LogP contribution is -2.32. The van der Waals surface area contributed by atoms with Crippen molar-refractivity contribution in [1.29, 1.82) is 0 Å². The number of ketones is 1. The molecule has 2 aromatic carbocycles. The molecule has 1 N–H and O–H groups in total. The Balaban J connectivity index is 1.76. The van der Waals surface area contributed by atoms with Crippen molar-refractivity contribution in [3.05, 3.63) is 77.3 Å². The van der Waals surface area contributed by atoms with E-state index in [4.69, 9.17) is 9.15 Å². The van der Waals surface area contributed by atoms with Crippen LogP contribution in [0.15, 0.2) is 70.3 Å². The van der Waals surface area contributed by atoms with Gasteiger partial charge < -0.3 is 19.2 Å². The van der Waals surface area contributed by atoms with Crippen molar-refractivity contribution < 1.29 is 23.8 Å². The summed E-state index contributed by atoms with van der Waals surface area (Å²) in [6, 6.07) is 15.5. The number of hydrogen-bond acceptors (Lipinski definition) is 5. The number of Topliss-reactive ketones (excluding diaryl/α,β-unsaturated/α-hetero) is 1. The van der Waals surface area contributed by atoms with E-state index in [1.54, 1.807) is 29.2 Å². The normalized spacial score (nSPS) is 16.4. The number of nitrogens with zero attached hydrogens (tertiary/aromatic N) is 1. The molecule has 0 saturated carbocycles. The van der Waals surface area contributed by atoms with E-state index in [1.165, 1.54) is 0 Å². The summed E-state index contributed by atoms with van der Waals surface area (Å²) in [5.74, 6) is -0.731. The summed E-state index contributed by atoms with van der Waals surface area (Å²) in [4.78, 5) is 27.9. The summed E-state index contributed by atoms with van der Waals surface area (Å²) in [5, 5.41) is 11.5. The molecule has 2 heterocycles. The minimum atomic E-state index is -0.685. The molecule has 6 nitrogen and oxygen atoms in total. The lowest BCUT2D eigenvalue weighted by molar-refractivity contribution is -0.129. The van der Waals surface area contributed by atoms with E-state index in [0.717, 1.165) is 23.8 Å². The fraction of sp³-hybridized carbons (Fsp3) is 0.280. The van der Waals surface area contributed by atoms with E-state index in [-0.39, 0.29) is 11.3 Å². The van der Waals surface area contributed by atoms with Gasteiger partial charge in [0, 0.05) is 11.9 Å². The van der Waals surface area contributed by atoms with Crippen molar-refractivity contribution in [3.63, 3.8) is 0 Å². The molecule has 1 aliphatic heterocycles. The Morgan fingerprint density at radius 2 is 1.87 bits per heavy atom. The fourth-order valence-corrected chi connectivity index (χ4v) is 3.93. The number of carbonyl (C=O) groups is 2. The highest BCUT2D eigenvalue weighted by Crippen LogP contribution is 2.40. The second-order valence-corrected chi connectivity index (χ2v) is 7.50. The summed E-state index contributed by atoms with van der Waals surface area (Å²) >= 11 is 0. The van der Waals surface area contributed by atoms with Gasteiger partial charge in [-0.3, -0.25) is 9.59 Å². The Kier molecular flexibility index (Phi) is 5.80. The molecular weight excluding hydrogens is 394 g/mol. The molecule has 1 unspecified atom stereocenters. The zero-order chi connectivity index (χ0) is 22.0. The number of benzene rings is 2. The number of carbonyl (C=O) groups excluding carboxylic acids is 2. The smallest absolute Gasteiger partial charge is 0.290 e. The van der Waals surface area contributed by atoms with Crippen LogP contribution in [-0.4, -0.2) is 34.8 Å². The Morgan fingerprint density at radius 1 is 1.13 bits per heavy atom. The number of fused-ring (bicyclic) bond motifs is 1. The molecule has 6 heteroatoms. The van der Waals surface area contributed by atoms with Gasteiger partial charge in [-0.15, -0.1) is 0 Å². The van der Waals surface area contributed by atoms with Crippen LogP contribution in [-0.2, 0) is 4.79 Å². The van der Waals surface area contributed by atoms with Gasteiger partial charge in [0.05, 0.1) is 18.2 Å². The largest absolute Gasteiger partial charge is 0.503 e. The molecule has 0 radical (unpaired) electrons. The molecule has 0 fully saturated rings. The molecule has 1 aliphatic rings.